The SMILES string of the molecule is CCCC(C)C(CN)N(C)CC(C)(C)C. The second-order valence-corrected chi connectivity index (χ2v) is 6.04. The zero-order valence-corrected chi connectivity index (χ0v) is 11.5. The Morgan fingerprint density at radius 2 is 1.80 bits per heavy atom. The van der Waals surface area contributed by atoms with Gasteiger partial charge in [-0.2, -0.15) is 0 Å². The highest BCUT2D eigenvalue weighted by molar-refractivity contribution is 4.78. The highest BCUT2D eigenvalue weighted by Crippen LogP contribution is 2.20. The molecule has 92 valence electrons. The summed E-state index contributed by atoms with van der Waals surface area (Å²) in [5, 5.41) is 0. The third-order valence-electron chi connectivity index (χ3n) is 2.93. The molecule has 0 fully saturated rings. The van der Waals surface area contributed by atoms with Gasteiger partial charge in [-0.05, 0) is 24.8 Å². The molecule has 2 heteroatoms. The van der Waals surface area contributed by atoms with Gasteiger partial charge in [-0.25, -0.2) is 0 Å². The molecule has 0 aliphatic rings. The average Bonchev–Trinajstić information content (AvgIpc) is 2.02. The van der Waals surface area contributed by atoms with Gasteiger partial charge in [0.1, 0.15) is 0 Å². The standard InChI is InChI=1S/C13H30N2/c1-7-8-11(2)12(9-14)15(6)10-13(3,4)5/h11-12H,7-10,14H2,1-6H3. The first kappa shape index (κ1) is 14.9. The molecular weight excluding hydrogens is 184 g/mol. The summed E-state index contributed by atoms with van der Waals surface area (Å²) < 4.78 is 0. The maximum absolute atomic E-state index is 5.88. The number of rotatable bonds is 6. The van der Waals surface area contributed by atoms with Crippen molar-refractivity contribution in [1.29, 1.82) is 0 Å². The lowest BCUT2D eigenvalue weighted by Crippen LogP contribution is -2.45. The number of likely N-dealkylation sites (N-methyl/N-ethyl adjacent to an activating group) is 1. The molecule has 0 heterocycles. The van der Waals surface area contributed by atoms with E-state index in [9.17, 15) is 0 Å². The first-order valence-electron chi connectivity index (χ1n) is 6.22. The predicted octanol–water partition coefficient (Wildman–Crippen LogP) is 2.73. The van der Waals surface area contributed by atoms with Gasteiger partial charge in [0.2, 0.25) is 0 Å². The summed E-state index contributed by atoms with van der Waals surface area (Å²) in [6.45, 7) is 13.3. The van der Waals surface area contributed by atoms with Crippen molar-refractivity contribution in [3.05, 3.63) is 0 Å². The fourth-order valence-corrected chi connectivity index (χ4v) is 2.36. The summed E-state index contributed by atoms with van der Waals surface area (Å²) in [4.78, 5) is 2.43. The maximum atomic E-state index is 5.88. The topological polar surface area (TPSA) is 29.3 Å². The fraction of sp³-hybridized carbons (Fsp3) is 1.00. The van der Waals surface area contributed by atoms with E-state index < -0.39 is 0 Å². The van der Waals surface area contributed by atoms with Crippen LogP contribution in [0.25, 0.3) is 0 Å². The highest BCUT2D eigenvalue weighted by atomic mass is 15.1. The maximum Gasteiger partial charge on any atom is 0.0241 e. The van der Waals surface area contributed by atoms with Crippen LogP contribution in [0.15, 0.2) is 0 Å². The largest absolute Gasteiger partial charge is 0.329 e. The van der Waals surface area contributed by atoms with Crippen LogP contribution in [0.5, 0.6) is 0 Å². The van der Waals surface area contributed by atoms with E-state index in [0.717, 1.165) is 13.1 Å². The van der Waals surface area contributed by atoms with E-state index in [-0.39, 0.29) is 0 Å². The van der Waals surface area contributed by atoms with Crippen molar-refractivity contribution in [3.8, 4) is 0 Å². The molecule has 0 aliphatic carbocycles. The van der Waals surface area contributed by atoms with Crippen LogP contribution in [0.4, 0.5) is 0 Å². The third kappa shape index (κ3) is 6.16. The first-order valence-corrected chi connectivity index (χ1v) is 6.22. The molecule has 0 aliphatic heterocycles. The molecule has 2 atom stereocenters. The second kappa shape index (κ2) is 6.49. The van der Waals surface area contributed by atoms with Crippen molar-refractivity contribution in [1.82, 2.24) is 4.90 Å². The van der Waals surface area contributed by atoms with Gasteiger partial charge < -0.3 is 10.6 Å². The van der Waals surface area contributed by atoms with E-state index in [1.165, 1.54) is 12.8 Å². The molecular formula is C13H30N2. The van der Waals surface area contributed by atoms with Crippen LogP contribution in [0.3, 0.4) is 0 Å². The molecule has 0 aromatic carbocycles. The Kier molecular flexibility index (Phi) is 6.46. The van der Waals surface area contributed by atoms with Gasteiger partial charge in [-0.3, -0.25) is 0 Å². The molecule has 2 unspecified atom stereocenters. The van der Waals surface area contributed by atoms with Gasteiger partial charge in [0.15, 0.2) is 0 Å². The van der Waals surface area contributed by atoms with E-state index in [0.29, 0.717) is 17.4 Å². The zero-order valence-electron chi connectivity index (χ0n) is 11.5. The number of hydrogen-bond acceptors (Lipinski definition) is 2. The lowest BCUT2D eigenvalue weighted by atomic mass is 9.91. The molecule has 0 radical (unpaired) electrons. The van der Waals surface area contributed by atoms with Gasteiger partial charge in [-0.15, -0.1) is 0 Å². The van der Waals surface area contributed by atoms with E-state index >= 15 is 0 Å². The predicted molar refractivity (Wildman–Crippen MR) is 69.0 cm³/mol. The minimum absolute atomic E-state index is 0.355. The molecule has 0 amide bonds. The van der Waals surface area contributed by atoms with Crippen LogP contribution < -0.4 is 5.73 Å². The summed E-state index contributed by atoms with van der Waals surface area (Å²) in [5.41, 5.74) is 6.24. The molecule has 0 saturated carbocycles. The smallest absolute Gasteiger partial charge is 0.0241 e. The van der Waals surface area contributed by atoms with Gasteiger partial charge in [-0.1, -0.05) is 41.0 Å². The monoisotopic (exact) mass is 214 g/mol. The Labute approximate surface area is 96.2 Å². The lowest BCUT2D eigenvalue weighted by molar-refractivity contribution is 0.134. The quantitative estimate of drug-likeness (QED) is 0.736. The normalized spacial score (nSPS) is 16.8. The number of nitrogens with zero attached hydrogens (tertiary/aromatic N) is 1. The van der Waals surface area contributed by atoms with E-state index in [1.807, 2.05) is 0 Å². The summed E-state index contributed by atoms with van der Waals surface area (Å²) in [5.74, 6) is 0.701. The Morgan fingerprint density at radius 1 is 1.27 bits per heavy atom. The van der Waals surface area contributed by atoms with Gasteiger partial charge in [0.05, 0.1) is 0 Å². The van der Waals surface area contributed by atoms with Crippen LogP contribution in [0.1, 0.15) is 47.5 Å². The van der Waals surface area contributed by atoms with Crippen molar-refractivity contribution in [2.24, 2.45) is 17.1 Å². The summed E-state index contributed by atoms with van der Waals surface area (Å²) >= 11 is 0. The highest BCUT2D eigenvalue weighted by Gasteiger charge is 2.23. The third-order valence-corrected chi connectivity index (χ3v) is 2.93. The summed E-state index contributed by atoms with van der Waals surface area (Å²) in [6.07, 6.45) is 2.53. The van der Waals surface area contributed by atoms with Crippen molar-refractivity contribution in [2.75, 3.05) is 20.1 Å². The molecule has 0 aromatic heterocycles. The molecule has 2 nitrogen and oxygen atoms in total. The second-order valence-electron chi connectivity index (χ2n) is 6.04. The lowest BCUT2D eigenvalue weighted by Gasteiger charge is -2.36. The van der Waals surface area contributed by atoms with E-state index in [4.69, 9.17) is 5.73 Å². The van der Waals surface area contributed by atoms with Crippen LogP contribution in [-0.4, -0.2) is 31.1 Å². The molecule has 15 heavy (non-hydrogen) atoms. The fourth-order valence-electron chi connectivity index (χ4n) is 2.36. The zero-order chi connectivity index (χ0) is 12.1. The molecule has 0 spiro atoms. The van der Waals surface area contributed by atoms with Crippen LogP contribution in [-0.2, 0) is 0 Å². The van der Waals surface area contributed by atoms with Crippen molar-refractivity contribution < 1.29 is 0 Å². The van der Waals surface area contributed by atoms with E-state index in [2.05, 4.69) is 46.6 Å². The minimum Gasteiger partial charge on any atom is -0.329 e. The summed E-state index contributed by atoms with van der Waals surface area (Å²) in [6, 6.07) is 0.532. The number of hydrogen-bond donors (Lipinski definition) is 1. The van der Waals surface area contributed by atoms with Crippen molar-refractivity contribution in [3.63, 3.8) is 0 Å². The minimum atomic E-state index is 0.355. The Bertz CT molecular complexity index is 160. The Balaban J connectivity index is 4.27. The molecule has 0 saturated heterocycles. The first-order chi connectivity index (χ1) is 6.81. The van der Waals surface area contributed by atoms with Crippen molar-refractivity contribution >= 4 is 0 Å². The number of nitrogens with two attached hydrogens (primary N) is 1. The van der Waals surface area contributed by atoms with Crippen molar-refractivity contribution in [2.45, 2.75) is 53.5 Å². The van der Waals surface area contributed by atoms with E-state index in [1.54, 1.807) is 0 Å². The molecule has 0 aromatic rings. The van der Waals surface area contributed by atoms with Crippen LogP contribution in [0, 0.1) is 11.3 Å². The van der Waals surface area contributed by atoms with Crippen LogP contribution in [0.2, 0.25) is 0 Å². The Hall–Kier alpha value is -0.0800. The van der Waals surface area contributed by atoms with Gasteiger partial charge in [0.25, 0.3) is 0 Å². The average molecular weight is 214 g/mol. The Morgan fingerprint density at radius 3 is 2.13 bits per heavy atom. The summed E-state index contributed by atoms with van der Waals surface area (Å²) in [7, 11) is 2.20. The van der Waals surface area contributed by atoms with Crippen LogP contribution >= 0.6 is 0 Å². The molecule has 0 bridgehead atoms. The van der Waals surface area contributed by atoms with Gasteiger partial charge >= 0.3 is 0 Å². The van der Waals surface area contributed by atoms with Gasteiger partial charge in [0, 0.05) is 19.1 Å². The molecule has 0 rings (SSSR count). The molecule has 2 N–H and O–H groups in total.